The Bertz CT molecular complexity index is 743. The highest BCUT2D eigenvalue weighted by Crippen LogP contribution is 2.28. The van der Waals surface area contributed by atoms with Crippen LogP contribution in [0.5, 0.6) is 5.75 Å². The molecule has 0 aliphatic heterocycles. The van der Waals surface area contributed by atoms with E-state index in [2.05, 4.69) is 9.71 Å². The van der Waals surface area contributed by atoms with Crippen molar-refractivity contribution in [1.82, 2.24) is 9.71 Å². The maximum absolute atomic E-state index is 12.0. The van der Waals surface area contributed by atoms with E-state index in [0.29, 0.717) is 6.42 Å². The maximum atomic E-state index is 12.0. The molecule has 0 saturated carbocycles. The third-order valence-corrected chi connectivity index (χ3v) is 4.70. The third-order valence-electron chi connectivity index (χ3n) is 2.61. The molecule has 2 N–H and O–H groups in total. The van der Waals surface area contributed by atoms with E-state index in [4.69, 9.17) is 0 Å². The Morgan fingerprint density at radius 2 is 2.19 bits per heavy atom. The smallest absolute Gasteiger partial charge is 0.312 e. The van der Waals surface area contributed by atoms with Crippen molar-refractivity contribution >= 4 is 27.0 Å². The molecule has 2 rings (SSSR count). The van der Waals surface area contributed by atoms with Crippen LogP contribution in [0.4, 0.5) is 5.69 Å². The zero-order valence-electron chi connectivity index (χ0n) is 10.6. The molecular formula is C11H11N3O5S2. The summed E-state index contributed by atoms with van der Waals surface area (Å²) in [7, 11) is -3.88. The lowest BCUT2D eigenvalue weighted by molar-refractivity contribution is -0.386. The first-order valence-electron chi connectivity index (χ1n) is 5.74. The summed E-state index contributed by atoms with van der Waals surface area (Å²) in [6, 6.07) is 2.90. The Kier molecular flexibility index (Phi) is 4.50. The summed E-state index contributed by atoms with van der Waals surface area (Å²) >= 11 is 1.41. The number of benzene rings is 1. The fourth-order valence-corrected chi connectivity index (χ4v) is 3.22. The van der Waals surface area contributed by atoms with Gasteiger partial charge in [-0.3, -0.25) is 10.1 Å². The van der Waals surface area contributed by atoms with E-state index in [9.17, 15) is 23.6 Å². The molecule has 0 aliphatic carbocycles. The highest BCUT2D eigenvalue weighted by Gasteiger charge is 2.20. The number of nitro groups is 1. The molecule has 2 aromatic rings. The molecule has 1 aromatic heterocycles. The van der Waals surface area contributed by atoms with E-state index in [-0.39, 0.29) is 11.4 Å². The van der Waals surface area contributed by atoms with Crippen LogP contribution < -0.4 is 4.72 Å². The molecular weight excluding hydrogens is 318 g/mol. The molecule has 112 valence electrons. The molecule has 0 amide bonds. The molecule has 10 heteroatoms. The van der Waals surface area contributed by atoms with Crippen molar-refractivity contribution in [2.24, 2.45) is 0 Å². The summed E-state index contributed by atoms with van der Waals surface area (Å²) in [5.41, 5.74) is 1.75. The molecule has 0 aliphatic rings. The summed E-state index contributed by atoms with van der Waals surface area (Å²) in [5, 5.41) is 21.8. The van der Waals surface area contributed by atoms with E-state index in [1.54, 1.807) is 10.9 Å². The summed E-state index contributed by atoms with van der Waals surface area (Å²) in [6.45, 7) is 0.126. The predicted octanol–water partition coefficient (Wildman–Crippen LogP) is 1.28. The zero-order valence-corrected chi connectivity index (χ0v) is 12.2. The summed E-state index contributed by atoms with van der Waals surface area (Å²) < 4.78 is 26.4. The first kappa shape index (κ1) is 15.4. The highest BCUT2D eigenvalue weighted by atomic mass is 32.2. The Morgan fingerprint density at radius 3 is 2.81 bits per heavy atom. The lowest BCUT2D eigenvalue weighted by Crippen LogP contribution is -2.26. The third kappa shape index (κ3) is 3.74. The van der Waals surface area contributed by atoms with Gasteiger partial charge in [-0.2, -0.15) is 0 Å². The van der Waals surface area contributed by atoms with Gasteiger partial charge in [0.25, 0.3) is 0 Å². The summed E-state index contributed by atoms with van der Waals surface area (Å²) in [5.74, 6) is -0.582. The van der Waals surface area contributed by atoms with Crippen molar-refractivity contribution in [3.63, 3.8) is 0 Å². The van der Waals surface area contributed by atoms with Crippen LogP contribution in [0.15, 0.2) is 34.0 Å². The second kappa shape index (κ2) is 6.16. The molecule has 0 radical (unpaired) electrons. The average Bonchev–Trinajstić information content (AvgIpc) is 2.91. The number of aromatic hydroxyl groups is 1. The van der Waals surface area contributed by atoms with Crippen molar-refractivity contribution in [3.05, 3.63) is 44.9 Å². The van der Waals surface area contributed by atoms with Crippen LogP contribution in [0.25, 0.3) is 0 Å². The topological polar surface area (TPSA) is 122 Å². The largest absolute Gasteiger partial charge is 0.502 e. The maximum Gasteiger partial charge on any atom is 0.312 e. The van der Waals surface area contributed by atoms with Gasteiger partial charge in [-0.25, -0.2) is 18.1 Å². The Balaban J connectivity index is 2.12. The highest BCUT2D eigenvalue weighted by molar-refractivity contribution is 7.89. The minimum atomic E-state index is -3.88. The average molecular weight is 329 g/mol. The fourth-order valence-electron chi connectivity index (χ4n) is 1.57. The molecule has 0 atom stereocenters. The summed E-state index contributed by atoms with van der Waals surface area (Å²) in [6.07, 6.45) is 0.420. The number of hydrogen-bond donors (Lipinski definition) is 2. The van der Waals surface area contributed by atoms with Crippen LogP contribution in [-0.4, -0.2) is 30.0 Å². The monoisotopic (exact) mass is 329 g/mol. The molecule has 0 fully saturated rings. The van der Waals surface area contributed by atoms with E-state index >= 15 is 0 Å². The van der Waals surface area contributed by atoms with Crippen molar-refractivity contribution in [3.8, 4) is 5.75 Å². The predicted molar refractivity (Wildman–Crippen MR) is 75.8 cm³/mol. The van der Waals surface area contributed by atoms with Gasteiger partial charge in [0.2, 0.25) is 10.0 Å². The number of thiazole rings is 1. The number of nitro benzene ring substituents is 1. The van der Waals surface area contributed by atoms with Gasteiger partial charge in [-0.15, -0.1) is 11.3 Å². The quantitative estimate of drug-likeness (QED) is 0.608. The van der Waals surface area contributed by atoms with Crippen molar-refractivity contribution < 1.29 is 18.4 Å². The van der Waals surface area contributed by atoms with Gasteiger partial charge in [0.15, 0.2) is 5.75 Å². The number of sulfonamides is 1. The molecule has 0 spiro atoms. The Hall–Kier alpha value is -2.04. The van der Waals surface area contributed by atoms with Crippen LogP contribution in [0.2, 0.25) is 0 Å². The molecule has 1 heterocycles. The molecule has 0 saturated heterocycles. The molecule has 0 bridgehead atoms. The van der Waals surface area contributed by atoms with Gasteiger partial charge in [0.05, 0.1) is 21.0 Å². The molecule has 8 nitrogen and oxygen atoms in total. The Morgan fingerprint density at radius 1 is 1.43 bits per heavy atom. The lowest BCUT2D eigenvalue weighted by atomic mass is 10.3. The number of phenolic OH excluding ortho intramolecular Hbond substituents is 1. The minimum absolute atomic E-state index is 0.126. The van der Waals surface area contributed by atoms with E-state index in [0.717, 1.165) is 23.9 Å². The number of hydrogen-bond acceptors (Lipinski definition) is 7. The molecule has 0 unspecified atom stereocenters. The van der Waals surface area contributed by atoms with E-state index < -0.39 is 26.4 Å². The first-order valence-corrected chi connectivity index (χ1v) is 8.17. The zero-order chi connectivity index (χ0) is 15.5. The second-order valence-corrected chi connectivity index (χ2v) is 6.52. The molecule has 21 heavy (non-hydrogen) atoms. The van der Waals surface area contributed by atoms with Crippen LogP contribution >= 0.6 is 11.3 Å². The van der Waals surface area contributed by atoms with Gasteiger partial charge >= 0.3 is 5.69 Å². The second-order valence-electron chi connectivity index (χ2n) is 4.04. The van der Waals surface area contributed by atoms with Gasteiger partial charge in [0.1, 0.15) is 0 Å². The SMILES string of the molecule is O=[N+]([O-])c1cc(S(=O)(=O)NCCc2cscn2)ccc1O. The standard InChI is InChI=1S/C11H11N3O5S2/c15-11-2-1-9(5-10(11)14(16)17)21(18,19)13-4-3-8-6-20-7-12-8/h1-2,5-7,13,15H,3-4H2. The fraction of sp³-hybridized carbons (Fsp3) is 0.182. The van der Waals surface area contributed by atoms with Crippen LogP contribution in [0.3, 0.4) is 0 Å². The molecule has 1 aromatic carbocycles. The van der Waals surface area contributed by atoms with Gasteiger partial charge in [0, 0.05) is 24.4 Å². The van der Waals surface area contributed by atoms with E-state index in [1.807, 2.05) is 0 Å². The summed E-state index contributed by atoms with van der Waals surface area (Å²) in [4.78, 5) is 13.6. The van der Waals surface area contributed by atoms with Gasteiger partial charge in [-0.05, 0) is 12.1 Å². The normalized spacial score (nSPS) is 11.4. The van der Waals surface area contributed by atoms with Crippen molar-refractivity contribution in [2.45, 2.75) is 11.3 Å². The first-order chi connectivity index (χ1) is 9.90. The van der Waals surface area contributed by atoms with E-state index in [1.165, 1.54) is 11.3 Å². The van der Waals surface area contributed by atoms with Crippen LogP contribution in [0.1, 0.15) is 5.69 Å². The number of phenols is 1. The number of nitrogens with zero attached hydrogens (tertiary/aromatic N) is 2. The number of nitrogens with one attached hydrogen (secondary N) is 1. The number of rotatable bonds is 6. The minimum Gasteiger partial charge on any atom is -0.502 e. The van der Waals surface area contributed by atoms with Crippen molar-refractivity contribution in [2.75, 3.05) is 6.54 Å². The lowest BCUT2D eigenvalue weighted by Gasteiger charge is -2.06. The van der Waals surface area contributed by atoms with Crippen LogP contribution in [0, 0.1) is 10.1 Å². The van der Waals surface area contributed by atoms with Gasteiger partial charge in [-0.1, -0.05) is 0 Å². The van der Waals surface area contributed by atoms with Crippen LogP contribution in [-0.2, 0) is 16.4 Å². The number of aromatic nitrogens is 1. The van der Waals surface area contributed by atoms with Crippen molar-refractivity contribution in [1.29, 1.82) is 0 Å². The van der Waals surface area contributed by atoms with Gasteiger partial charge < -0.3 is 5.11 Å². The Labute approximate surface area is 124 Å².